The fourth-order valence-electron chi connectivity index (χ4n) is 3.86. The molecule has 0 atom stereocenters. The van der Waals surface area contributed by atoms with Crippen LogP contribution in [0, 0.1) is 0 Å². The van der Waals surface area contributed by atoms with Crippen molar-refractivity contribution in [1.29, 1.82) is 0 Å². The first-order chi connectivity index (χ1) is 13.6. The molecule has 1 saturated heterocycles. The van der Waals surface area contributed by atoms with Crippen LogP contribution in [0.1, 0.15) is 26.2 Å². The monoisotopic (exact) mass is 513 g/mol. The average Bonchev–Trinajstić information content (AvgIpc) is 3.13. The predicted molar refractivity (Wildman–Crippen MR) is 132 cm³/mol. The summed E-state index contributed by atoms with van der Waals surface area (Å²) in [5.74, 6) is 0.910. The zero-order valence-electron chi connectivity index (χ0n) is 18.0. The van der Waals surface area contributed by atoms with E-state index in [1.807, 2.05) is 0 Å². The highest BCUT2D eigenvalue weighted by molar-refractivity contribution is 14.0. The number of rotatable bonds is 8. The summed E-state index contributed by atoms with van der Waals surface area (Å²) >= 11 is 0. The summed E-state index contributed by atoms with van der Waals surface area (Å²) < 4.78 is 7.89. The van der Waals surface area contributed by atoms with Crippen LogP contribution in [0.5, 0.6) is 0 Å². The Morgan fingerprint density at radius 3 is 2.66 bits per heavy atom. The fraction of sp³-hybridized carbons (Fsp3) is 0.591. The number of guanidine groups is 1. The molecule has 0 aliphatic carbocycles. The Bertz CT molecular complexity index is 767. The number of aliphatic imine (C=N–C) groups is 1. The second-order valence-corrected chi connectivity index (χ2v) is 7.77. The van der Waals surface area contributed by atoms with Crippen LogP contribution in [0.3, 0.4) is 0 Å². The van der Waals surface area contributed by atoms with E-state index < -0.39 is 0 Å². The molecule has 0 unspecified atom stereocenters. The summed E-state index contributed by atoms with van der Waals surface area (Å²) in [6, 6.07) is 10.7. The van der Waals surface area contributed by atoms with Crippen LogP contribution in [0.2, 0.25) is 0 Å². The lowest BCUT2D eigenvalue weighted by Crippen LogP contribution is -2.51. The van der Waals surface area contributed by atoms with Gasteiger partial charge < -0.3 is 24.8 Å². The van der Waals surface area contributed by atoms with Gasteiger partial charge in [0.25, 0.3) is 0 Å². The third-order valence-electron chi connectivity index (χ3n) is 5.80. The van der Waals surface area contributed by atoms with Gasteiger partial charge in [-0.25, -0.2) is 0 Å². The van der Waals surface area contributed by atoms with E-state index in [1.54, 1.807) is 0 Å². The zero-order chi connectivity index (χ0) is 19.8. The van der Waals surface area contributed by atoms with Gasteiger partial charge in [-0.15, -0.1) is 24.0 Å². The largest absolute Gasteiger partial charge is 0.381 e. The molecule has 3 rings (SSSR count). The Morgan fingerprint density at radius 1 is 1.17 bits per heavy atom. The summed E-state index contributed by atoms with van der Waals surface area (Å²) in [4.78, 5) is 7.22. The van der Waals surface area contributed by atoms with Crippen molar-refractivity contribution in [2.75, 3.05) is 46.9 Å². The number of hydrogen-bond acceptors (Lipinski definition) is 3. The standard InChI is InChI=1S/C22H35N5O.HI/c1-4-23-21(25-18-22(26(2)3)11-16-28-17-12-22)24-13-7-14-27-15-10-19-8-5-6-9-20(19)27;/h5-6,8-10,15H,4,7,11-14,16-18H2,1-3H3,(H2,23,24,25);1H. The van der Waals surface area contributed by atoms with Crippen molar-refractivity contribution in [1.82, 2.24) is 20.1 Å². The first-order valence-corrected chi connectivity index (χ1v) is 10.5. The number of nitrogens with zero attached hydrogens (tertiary/aromatic N) is 3. The lowest BCUT2D eigenvalue weighted by molar-refractivity contribution is -0.00254. The number of nitrogens with one attached hydrogen (secondary N) is 2. The summed E-state index contributed by atoms with van der Waals surface area (Å²) in [6.45, 7) is 7.31. The number of para-hydroxylation sites is 1. The first kappa shape index (κ1) is 24.0. The number of aryl methyl sites for hydroxylation is 1. The van der Waals surface area contributed by atoms with E-state index in [-0.39, 0.29) is 29.5 Å². The number of ether oxygens (including phenoxy) is 1. The minimum atomic E-state index is 0. The second kappa shape index (κ2) is 11.8. The van der Waals surface area contributed by atoms with Gasteiger partial charge in [0.15, 0.2) is 5.96 Å². The van der Waals surface area contributed by atoms with E-state index in [9.17, 15) is 0 Å². The van der Waals surface area contributed by atoms with Gasteiger partial charge in [0, 0.05) is 50.1 Å². The third-order valence-corrected chi connectivity index (χ3v) is 5.80. The molecular weight excluding hydrogens is 477 g/mol. The number of hydrogen-bond donors (Lipinski definition) is 2. The van der Waals surface area contributed by atoms with Gasteiger partial charge in [0.1, 0.15) is 0 Å². The molecule has 29 heavy (non-hydrogen) atoms. The van der Waals surface area contributed by atoms with Crippen molar-refractivity contribution in [2.45, 2.75) is 38.3 Å². The van der Waals surface area contributed by atoms with Crippen LogP contribution in [0.15, 0.2) is 41.5 Å². The molecule has 2 aromatic rings. The van der Waals surface area contributed by atoms with Crippen molar-refractivity contribution < 1.29 is 4.74 Å². The molecule has 2 N–H and O–H groups in total. The smallest absolute Gasteiger partial charge is 0.191 e. The number of aromatic nitrogens is 1. The SMILES string of the molecule is CCNC(=NCC1(N(C)C)CCOCC1)NCCCn1ccc2ccccc21.I. The first-order valence-electron chi connectivity index (χ1n) is 10.5. The molecule has 1 aliphatic heterocycles. The molecule has 0 spiro atoms. The molecule has 1 aromatic heterocycles. The number of benzene rings is 1. The summed E-state index contributed by atoms with van der Waals surface area (Å²) in [6.07, 6.45) is 5.29. The van der Waals surface area contributed by atoms with Crippen molar-refractivity contribution in [3.05, 3.63) is 36.5 Å². The minimum Gasteiger partial charge on any atom is -0.381 e. The van der Waals surface area contributed by atoms with Crippen molar-refractivity contribution >= 4 is 40.8 Å². The number of likely N-dealkylation sites (N-methyl/N-ethyl adjacent to an activating group) is 1. The van der Waals surface area contributed by atoms with Gasteiger partial charge in [0.2, 0.25) is 0 Å². The quantitative estimate of drug-likeness (QED) is 0.246. The number of fused-ring (bicyclic) bond motifs is 1. The van der Waals surface area contributed by atoms with Crippen LogP contribution in [-0.2, 0) is 11.3 Å². The maximum atomic E-state index is 5.57. The van der Waals surface area contributed by atoms with Gasteiger partial charge in [-0.05, 0) is 57.8 Å². The molecule has 1 aromatic carbocycles. The highest BCUT2D eigenvalue weighted by atomic mass is 127. The van der Waals surface area contributed by atoms with Gasteiger partial charge in [0.05, 0.1) is 6.54 Å². The van der Waals surface area contributed by atoms with Crippen LogP contribution in [0.25, 0.3) is 10.9 Å². The molecular formula is C22H36IN5O. The Morgan fingerprint density at radius 2 is 1.93 bits per heavy atom. The molecule has 0 bridgehead atoms. The Balaban J connectivity index is 0.00000300. The molecule has 6 nitrogen and oxygen atoms in total. The van der Waals surface area contributed by atoms with E-state index in [4.69, 9.17) is 9.73 Å². The van der Waals surface area contributed by atoms with Crippen molar-refractivity contribution in [3.63, 3.8) is 0 Å². The van der Waals surface area contributed by atoms with Gasteiger partial charge in [-0.3, -0.25) is 4.99 Å². The lowest BCUT2D eigenvalue weighted by Gasteiger charge is -2.41. The van der Waals surface area contributed by atoms with Gasteiger partial charge >= 0.3 is 0 Å². The second-order valence-electron chi connectivity index (χ2n) is 7.77. The molecule has 1 aliphatic rings. The van der Waals surface area contributed by atoms with Gasteiger partial charge in [-0.1, -0.05) is 18.2 Å². The maximum absolute atomic E-state index is 5.57. The van der Waals surface area contributed by atoms with Crippen LogP contribution in [0.4, 0.5) is 0 Å². The van der Waals surface area contributed by atoms with Crippen molar-refractivity contribution in [2.24, 2.45) is 4.99 Å². The predicted octanol–water partition coefficient (Wildman–Crippen LogP) is 3.32. The third kappa shape index (κ3) is 6.33. The lowest BCUT2D eigenvalue weighted by atomic mass is 9.89. The summed E-state index contributed by atoms with van der Waals surface area (Å²) in [5.41, 5.74) is 1.40. The zero-order valence-corrected chi connectivity index (χ0v) is 20.3. The molecule has 7 heteroatoms. The van der Waals surface area contributed by atoms with E-state index in [1.165, 1.54) is 10.9 Å². The maximum Gasteiger partial charge on any atom is 0.191 e. The Hall–Kier alpha value is -1.32. The number of halogens is 1. The molecule has 2 heterocycles. The van der Waals surface area contributed by atoms with E-state index >= 15 is 0 Å². The minimum absolute atomic E-state index is 0. The fourth-order valence-corrected chi connectivity index (χ4v) is 3.86. The molecule has 0 amide bonds. The van der Waals surface area contributed by atoms with E-state index in [0.717, 1.165) is 64.6 Å². The topological polar surface area (TPSA) is 53.8 Å². The normalized spacial score (nSPS) is 16.6. The van der Waals surface area contributed by atoms with Crippen LogP contribution in [-0.4, -0.2) is 67.9 Å². The Labute approximate surface area is 192 Å². The van der Waals surface area contributed by atoms with E-state index in [0.29, 0.717) is 0 Å². The molecule has 1 fully saturated rings. The highest BCUT2D eigenvalue weighted by Gasteiger charge is 2.34. The van der Waals surface area contributed by atoms with E-state index in [2.05, 4.69) is 77.6 Å². The van der Waals surface area contributed by atoms with Crippen LogP contribution < -0.4 is 10.6 Å². The average molecular weight is 513 g/mol. The van der Waals surface area contributed by atoms with Gasteiger partial charge in [-0.2, -0.15) is 0 Å². The summed E-state index contributed by atoms with van der Waals surface area (Å²) in [5, 5.41) is 8.19. The Kier molecular flexibility index (Phi) is 9.71. The van der Waals surface area contributed by atoms with Crippen molar-refractivity contribution in [3.8, 4) is 0 Å². The summed E-state index contributed by atoms with van der Waals surface area (Å²) in [7, 11) is 4.31. The van der Waals surface area contributed by atoms with Crippen LogP contribution >= 0.6 is 24.0 Å². The highest BCUT2D eigenvalue weighted by Crippen LogP contribution is 2.26. The molecule has 0 saturated carbocycles. The molecule has 0 radical (unpaired) electrons. The molecule has 162 valence electrons.